The van der Waals surface area contributed by atoms with E-state index in [1.165, 1.54) is 59.6 Å². The van der Waals surface area contributed by atoms with Crippen LogP contribution < -0.4 is 4.90 Å². The number of rotatable bonds is 6. The standard InChI is InChI=1S/C18H14N4O6S/c23-14-7-5-12(6-8-14)21-17(26)15(9-16(24)25)29-18(21)20-19-10-11-1-3-13(4-2-11)22(27)28/h1-8,10,15,23H,9H2,(H,24,25). The number of phenolic OH excluding ortho intramolecular Hbond substituents is 1. The van der Waals surface area contributed by atoms with Gasteiger partial charge < -0.3 is 10.2 Å². The SMILES string of the molecule is O=C(O)CC1SC(=NN=Cc2ccc([N+](=O)[O-])cc2)N(c2ccc(O)cc2)C1=O. The number of benzene rings is 2. The second-order valence-corrected chi connectivity index (χ2v) is 7.04. The van der Waals surface area contributed by atoms with E-state index in [1.807, 2.05) is 0 Å². The molecule has 0 spiro atoms. The lowest BCUT2D eigenvalue weighted by molar-refractivity contribution is -0.384. The highest BCUT2D eigenvalue weighted by Gasteiger charge is 2.40. The number of aliphatic carboxylic acids is 1. The molecular weight excluding hydrogens is 400 g/mol. The van der Waals surface area contributed by atoms with Gasteiger partial charge in [-0.25, -0.2) is 0 Å². The maximum atomic E-state index is 12.7. The fourth-order valence-electron chi connectivity index (χ4n) is 2.49. The molecule has 10 nitrogen and oxygen atoms in total. The highest BCUT2D eigenvalue weighted by atomic mass is 32.2. The predicted octanol–water partition coefficient (Wildman–Crippen LogP) is 2.61. The van der Waals surface area contributed by atoms with Crippen LogP contribution in [0, 0.1) is 10.1 Å². The summed E-state index contributed by atoms with van der Waals surface area (Å²) in [6, 6.07) is 11.5. The Morgan fingerprint density at radius 3 is 2.45 bits per heavy atom. The molecule has 148 valence electrons. The van der Waals surface area contributed by atoms with Gasteiger partial charge in [-0.1, -0.05) is 11.8 Å². The first-order valence-electron chi connectivity index (χ1n) is 8.22. The van der Waals surface area contributed by atoms with E-state index >= 15 is 0 Å². The number of hydrogen-bond acceptors (Lipinski definition) is 8. The number of nitro benzene ring substituents is 1. The van der Waals surface area contributed by atoms with Gasteiger partial charge in [0.1, 0.15) is 11.0 Å². The summed E-state index contributed by atoms with van der Waals surface area (Å²) in [5.74, 6) is -1.55. The number of nitrogens with zero attached hydrogens (tertiary/aromatic N) is 4. The molecule has 3 rings (SSSR count). The van der Waals surface area contributed by atoms with Crippen LogP contribution in [0.3, 0.4) is 0 Å². The molecule has 1 unspecified atom stereocenters. The van der Waals surface area contributed by atoms with Crippen LogP contribution in [0.1, 0.15) is 12.0 Å². The molecule has 0 saturated carbocycles. The van der Waals surface area contributed by atoms with Gasteiger partial charge in [-0.2, -0.15) is 5.10 Å². The van der Waals surface area contributed by atoms with E-state index in [2.05, 4.69) is 10.2 Å². The summed E-state index contributed by atoms with van der Waals surface area (Å²) < 4.78 is 0. The van der Waals surface area contributed by atoms with Gasteiger partial charge in [0.05, 0.1) is 23.2 Å². The van der Waals surface area contributed by atoms with Gasteiger partial charge in [0.2, 0.25) is 5.91 Å². The van der Waals surface area contributed by atoms with E-state index in [1.54, 1.807) is 0 Å². The maximum Gasteiger partial charge on any atom is 0.305 e. The number of anilines is 1. The molecule has 1 fully saturated rings. The van der Waals surface area contributed by atoms with Crippen LogP contribution in [0.15, 0.2) is 58.7 Å². The van der Waals surface area contributed by atoms with Crippen molar-refractivity contribution < 1.29 is 24.7 Å². The minimum absolute atomic E-state index is 0.0183. The first-order chi connectivity index (χ1) is 13.8. The predicted molar refractivity (Wildman–Crippen MR) is 107 cm³/mol. The number of carbonyl (C=O) groups excluding carboxylic acids is 1. The molecule has 1 amide bonds. The Bertz CT molecular complexity index is 1000. The Balaban J connectivity index is 1.86. The molecule has 1 heterocycles. The normalized spacial score (nSPS) is 17.9. The van der Waals surface area contributed by atoms with Crippen molar-refractivity contribution in [3.8, 4) is 5.75 Å². The minimum atomic E-state index is -1.11. The summed E-state index contributed by atoms with van der Waals surface area (Å²) in [5, 5.41) is 36.4. The number of hydrogen-bond donors (Lipinski definition) is 2. The van der Waals surface area contributed by atoms with Crippen LogP contribution in [-0.4, -0.2) is 43.6 Å². The zero-order valence-corrected chi connectivity index (χ0v) is 15.5. The van der Waals surface area contributed by atoms with Crippen molar-refractivity contribution in [2.45, 2.75) is 11.7 Å². The van der Waals surface area contributed by atoms with Crippen molar-refractivity contribution in [2.24, 2.45) is 10.2 Å². The topological polar surface area (TPSA) is 146 Å². The number of amides is 1. The fourth-order valence-corrected chi connectivity index (χ4v) is 3.57. The second kappa shape index (κ2) is 8.52. The molecule has 0 aromatic heterocycles. The Morgan fingerprint density at radius 2 is 1.86 bits per heavy atom. The van der Waals surface area contributed by atoms with Gasteiger partial charge in [0, 0.05) is 12.1 Å². The molecule has 2 aromatic rings. The molecule has 0 radical (unpaired) electrons. The van der Waals surface area contributed by atoms with Crippen LogP contribution in [-0.2, 0) is 9.59 Å². The van der Waals surface area contributed by atoms with Crippen LogP contribution in [0.5, 0.6) is 5.75 Å². The first-order valence-corrected chi connectivity index (χ1v) is 9.10. The average Bonchev–Trinajstić information content (AvgIpc) is 2.98. The van der Waals surface area contributed by atoms with Crippen molar-refractivity contribution in [1.29, 1.82) is 0 Å². The van der Waals surface area contributed by atoms with Gasteiger partial charge >= 0.3 is 5.97 Å². The zero-order chi connectivity index (χ0) is 21.0. The molecule has 1 saturated heterocycles. The summed E-state index contributed by atoms with van der Waals surface area (Å²) in [6.07, 6.45) is 0.991. The summed E-state index contributed by atoms with van der Waals surface area (Å²) in [7, 11) is 0. The molecule has 0 aliphatic carbocycles. The number of thioether (sulfide) groups is 1. The number of carboxylic acid groups (broad SMARTS) is 1. The molecule has 1 aliphatic heterocycles. The third-order valence-electron chi connectivity index (χ3n) is 3.86. The van der Waals surface area contributed by atoms with Crippen LogP contribution in [0.25, 0.3) is 0 Å². The van der Waals surface area contributed by atoms with E-state index in [4.69, 9.17) is 5.11 Å². The molecule has 2 aromatic carbocycles. The van der Waals surface area contributed by atoms with Crippen LogP contribution in [0.2, 0.25) is 0 Å². The van der Waals surface area contributed by atoms with Gasteiger partial charge in [0.15, 0.2) is 5.17 Å². The average molecular weight is 414 g/mol. The molecule has 0 bridgehead atoms. The zero-order valence-electron chi connectivity index (χ0n) is 14.7. The summed E-state index contributed by atoms with van der Waals surface area (Å²) in [4.78, 5) is 35.1. The second-order valence-electron chi connectivity index (χ2n) is 5.87. The Morgan fingerprint density at radius 1 is 1.21 bits per heavy atom. The fraction of sp³-hybridized carbons (Fsp3) is 0.111. The molecule has 11 heteroatoms. The molecule has 1 aliphatic rings. The molecule has 1 atom stereocenters. The minimum Gasteiger partial charge on any atom is -0.508 e. The van der Waals surface area contributed by atoms with E-state index in [-0.39, 0.29) is 23.0 Å². The third kappa shape index (κ3) is 4.76. The van der Waals surface area contributed by atoms with Crippen molar-refractivity contribution in [3.05, 3.63) is 64.2 Å². The molecular formula is C18H14N4O6S. The number of carboxylic acids is 1. The van der Waals surface area contributed by atoms with Crippen LogP contribution in [0.4, 0.5) is 11.4 Å². The summed E-state index contributed by atoms with van der Waals surface area (Å²) in [5.41, 5.74) is 0.922. The van der Waals surface area contributed by atoms with E-state index < -0.39 is 22.0 Å². The Kier molecular flexibility index (Phi) is 5.88. The van der Waals surface area contributed by atoms with E-state index in [0.29, 0.717) is 11.3 Å². The number of non-ortho nitro benzene ring substituents is 1. The quantitative estimate of drug-likeness (QED) is 0.420. The Hall–Kier alpha value is -3.73. The monoisotopic (exact) mass is 414 g/mol. The summed E-state index contributed by atoms with van der Waals surface area (Å²) in [6.45, 7) is 0. The number of aromatic hydroxyl groups is 1. The van der Waals surface area contributed by atoms with Gasteiger partial charge in [0.25, 0.3) is 5.69 Å². The van der Waals surface area contributed by atoms with E-state index in [9.17, 15) is 24.8 Å². The number of carbonyl (C=O) groups is 2. The van der Waals surface area contributed by atoms with Gasteiger partial charge in [-0.3, -0.25) is 24.6 Å². The lowest BCUT2D eigenvalue weighted by Crippen LogP contribution is -2.32. The van der Waals surface area contributed by atoms with Gasteiger partial charge in [-0.05, 0) is 42.0 Å². The highest BCUT2D eigenvalue weighted by Crippen LogP contribution is 2.34. The smallest absolute Gasteiger partial charge is 0.305 e. The third-order valence-corrected chi connectivity index (χ3v) is 4.98. The maximum absolute atomic E-state index is 12.7. The van der Waals surface area contributed by atoms with Crippen molar-refractivity contribution >= 4 is 46.4 Å². The number of amidine groups is 1. The van der Waals surface area contributed by atoms with Crippen molar-refractivity contribution in [2.75, 3.05) is 4.90 Å². The highest BCUT2D eigenvalue weighted by molar-refractivity contribution is 8.16. The molecule has 29 heavy (non-hydrogen) atoms. The summed E-state index contributed by atoms with van der Waals surface area (Å²) >= 11 is 0.976. The van der Waals surface area contributed by atoms with Gasteiger partial charge in [-0.15, -0.1) is 5.10 Å². The largest absolute Gasteiger partial charge is 0.508 e. The Labute approximate surface area is 168 Å². The van der Waals surface area contributed by atoms with Crippen LogP contribution >= 0.6 is 11.8 Å². The lowest BCUT2D eigenvalue weighted by Gasteiger charge is -2.15. The number of nitro groups is 1. The molecule has 2 N–H and O–H groups in total. The first kappa shape index (κ1) is 20.0. The lowest BCUT2D eigenvalue weighted by atomic mass is 10.2. The van der Waals surface area contributed by atoms with Crippen molar-refractivity contribution in [1.82, 2.24) is 0 Å². The number of phenols is 1. The van der Waals surface area contributed by atoms with Crippen molar-refractivity contribution in [3.63, 3.8) is 0 Å². The van der Waals surface area contributed by atoms with E-state index in [0.717, 1.165) is 11.8 Å².